The zero-order chi connectivity index (χ0) is 14.7. The van der Waals surface area contributed by atoms with Crippen LogP contribution in [0.1, 0.15) is 19.2 Å². The number of rotatable bonds is 6. The van der Waals surface area contributed by atoms with Crippen LogP contribution in [0.4, 0.5) is 0 Å². The number of hydrogen-bond acceptors (Lipinski definition) is 5. The van der Waals surface area contributed by atoms with Crippen LogP contribution in [0.2, 0.25) is 5.02 Å². The monoisotopic (exact) mass is 306 g/mol. The van der Waals surface area contributed by atoms with Crippen molar-refractivity contribution in [1.82, 2.24) is 20.4 Å². The summed E-state index contributed by atoms with van der Waals surface area (Å²) in [6, 6.07) is 8.01. The van der Waals surface area contributed by atoms with Gasteiger partial charge >= 0.3 is 0 Å². The molecule has 3 rings (SSSR count). The molecule has 0 unspecified atom stereocenters. The molecule has 2 aromatic rings. The molecule has 0 amide bonds. The van der Waals surface area contributed by atoms with Crippen LogP contribution < -0.4 is 5.32 Å². The molecule has 6 heteroatoms. The molecule has 1 aromatic heterocycles. The maximum absolute atomic E-state index is 5.89. The second-order valence-electron chi connectivity index (χ2n) is 5.31. The summed E-state index contributed by atoms with van der Waals surface area (Å²) in [5, 5.41) is 8.10. The Labute approximate surface area is 129 Å². The Kier molecular flexibility index (Phi) is 4.53. The van der Waals surface area contributed by atoms with Crippen LogP contribution in [0.15, 0.2) is 28.8 Å². The van der Waals surface area contributed by atoms with E-state index in [1.807, 2.05) is 24.3 Å². The number of nitrogens with one attached hydrogen (secondary N) is 1. The second kappa shape index (κ2) is 6.56. The predicted octanol–water partition coefficient (Wildman–Crippen LogP) is 2.57. The normalized spacial score (nSPS) is 15.4. The molecule has 1 fully saturated rings. The smallest absolute Gasteiger partial charge is 0.257 e. The molecule has 21 heavy (non-hydrogen) atoms. The lowest BCUT2D eigenvalue weighted by atomic mass is 10.1. The Balaban J connectivity index is 1.70. The summed E-state index contributed by atoms with van der Waals surface area (Å²) in [6.07, 6.45) is 1.12. The van der Waals surface area contributed by atoms with E-state index in [9.17, 15) is 0 Å². The third-order valence-electron chi connectivity index (χ3n) is 3.69. The average molecular weight is 307 g/mol. The van der Waals surface area contributed by atoms with Gasteiger partial charge in [0.25, 0.3) is 5.89 Å². The van der Waals surface area contributed by atoms with Crippen LogP contribution in [0.25, 0.3) is 11.5 Å². The molecule has 0 radical (unpaired) electrons. The molecule has 1 saturated heterocycles. The van der Waals surface area contributed by atoms with Crippen LogP contribution >= 0.6 is 11.6 Å². The zero-order valence-corrected chi connectivity index (χ0v) is 12.8. The van der Waals surface area contributed by atoms with Gasteiger partial charge in [0.1, 0.15) is 0 Å². The molecule has 0 aliphatic carbocycles. The van der Waals surface area contributed by atoms with E-state index in [0.717, 1.165) is 44.0 Å². The molecule has 1 N–H and O–H groups in total. The van der Waals surface area contributed by atoms with Crippen molar-refractivity contribution in [3.05, 3.63) is 35.1 Å². The first-order chi connectivity index (χ1) is 10.3. The van der Waals surface area contributed by atoms with Gasteiger partial charge < -0.3 is 9.84 Å². The average Bonchev–Trinajstić information content (AvgIpc) is 2.86. The number of hydrogen-bond donors (Lipinski definition) is 1. The van der Waals surface area contributed by atoms with Gasteiger partial charge in [-0.05, 0) is 37.2 Å². The standard InChI is InChI=1S/C15H19ClN4O/c1-2-7-20(13-8-17-9-13)10-14-18-15(21-19-14)11-3-5-12(16)6-4-11/h3-6,13,17H,2,7-10H2,1H3. The van der Waals surface area contributed by atoms with Gasteiger partial charge in [-0.25, -0.2) is 0 Å². The lowest BCUT2D eigenvalue weighted by Gasteiger charge is -2.37. The van der Waals surface area contributed by atoms with Gasteiger partial charge in [-0.1, -0.05) is 23.7 Å². The van der Waals surface area contributed by atoms with E-state index < -0.39 is 0 Å². The largest absolute Gasteiger partial charge is 0.334 e. The van der Waals surface area contributed by atoms with Gasteiger partial charge in [-0.15, -0.1) is 0 Å². The van der Waals surface area contributed by atoms with Crippen LogP contribution in [-0.4, -0.2) is 40.7 Å². The molecule has 1 aliphatic rings. The molecule has 0 saturated carbocycles. The van der Waals surface area contributed by atoms with Crippen molar-refractivity contribution in [2.75, 3.05) is 19.6 Å². The molecule has 0 spiro atoms. The molecule has 0 atom stereocenters. The molecule has 2 heterocycles. The summed E-state index contributed by atoms with van der Waals surface area (Å²) in [5.74, 6) is 1.28. The van der Waals surface area contributed by atoms with Crippen molar-refractivity contribution < 1.29 is 4.52 Å². The summed E-state index contributed by atoms with van der Waals surface area (Å²) < 4.78 is 5.35. The van der Waals surface area contributed by atoms with Gasteiger partial charge in [0.15, 0.2) is 5.82 Å². The van der Waals surface area contributed by atoms with E-state index in [-0.39, 0.29) is 0 Å². The number of nitrogens with zero attached hydrogens (tertiary/aromatic N) is 3. The van der Waals surface area contributed by atoms with Crippen LogP contribution in [-0.2, 0) is 6.54 Å². The molecule has 112 valence electrons. The number of aromatic nitrogens is 2. The van der Waals surface area contributed by atoms with Crippen molar-refractivity contribution in [1.29, 1.82) is 0 Å². The van der Waals surface area contributed by atoms with E-state index in [0.29, 0.717) is 17.0 Å². The zero-order valence-electron chi connectivity index (χ0n) is 12.1. The Morgan fingerprint density at radius 1 is 1.33 bits per heavy atom. The summed E-state index contributed by atoms with van der Waals surface area (Å²) >= 11 is 5.89. The fraction of sp³-hybridized carbons (Fsp3) is 0.467. The minimum absolute atomic E-state index is 0.546. The van der Waals surface area contributed by atoms with Crippen molar-refractivity contribution in [3.8, 4) is 11.5 Å². The molecular formula is C15H19ClN4O. The minimum Gasteiger partial charge on any atom is -0.334 e. The molecule has 5 nitrogen and oxygen atoms in total. The highest BCUT2D eigenvalue weighted by atomic mass is 35.5. The van der Waals surface area contributed by atoms with Gasteiger partial charge in [-0.3, -0.25) is 4.90 Å². The topological polar surface area (TPSA) is 54.2 Å². The first kappa shape index (κ1) is 14.5. The van der Waals surface area contributed by atoms with Crippen molar-refractivity contribution in [3.63, 3.8) is 0 Å². The first-order valence-corrected chi connectivity index (χ1v) is 7.67. The van der Waals surface area contributed by atoms with Crippen molar-refractivity contribution in [2.45, 2.75) is 25.9 Å². The maximum Gasteiger partial charge on any atom is 0.257 e. The lowest BCUT2D eigenvalue weighted by Crippen LogP contribution is -2.57. The summed E-state index contributed by atoms with van der Waals surface area (Å²) in [5.41, 5.74) is 0.894. The van der Waals surface area contributed by atoms with Crippen LogP contribution in [0, 0.1) is 0 Å². The fourth-order valence-electron chi connectivity index (χ4n) is 2.42. The summed E-state index contributed by atoms with van der Waals surface area (Å²) in [7, 11) is 0. The van der Waals surface area contributed by atoms with E-state index in [2.05, 4.69) is 27.3 Å². The fourth-order valence-corrected chi connectivity index (χ4v) is 2.55. The minimum atomic E-state index is 0.546. The third-order valence-corrected chi connectivity index (χ3v) is 3.94. The SMILES string of the molecule is CCCN(Cc1noc(-c2ccc(Cl)cc2)n1)C1CNC1. The Hall–Kier alpha value is -1.43. The first-order valence-electron chi connectivity index (χ1n) is 7.29. The number of benzene rings is 1. The highest BCUT2D eigenvalue weighted by molar-refractivity contribution is 6.30. The molecule has 0 bridgehead atoms. The second-order valence-corrected chi connectivity index (χ2v) is 5.74. The summed E-state index contributed by atoms with van der Waals surface area (Å²) in [4.78, 5) is 6.90. The summed E-state index contributed by atoms with van der Waals surface area (Å²) in [6.45, 7) is 6.06. The Morgan fingerprint density at radius 3 is 2.71 bits per heavy atom. The van der Waals surface area contributed by atoms with E-state index in [1.165, 1.54) is 0 Å². The predicted molar refractivity (Wildman–Crippen MR) is 82.1 cm³/mol. The van der Waals surface area contributed by atoms with E-state index in [1.54, 1.807) is 0 Å². The Morgan fingerprint density at radius 2 is 2.10 bits per heavy atom. The lowest BCUT2D eigenvalue weighted by molar-refractivity contribution is 0.133. The van der Waals surface area contributed by atoms with Gasteiger partial charge in [0.05, 0.1) is 6.54 Å². The van der Waals surface area contributed by atoms with Crippen molar-refractivity contribution >= 4 is 11.6 Å². The molecule has 1 aromatic carbocycles. The van der Waals surface area contributed by atoms with Gasteiger partial charge in [0.2, 0.25) is 0 Å². The van der Waals surface area contributed by atoms with E-state index in [4.69, 9.17) is 16.1 Å². The molecule has 1 aliphatic heterocycles. The maximum atomic E-state index is 5.89. The number of halogens is 1. The quantitative estimate of drug-likeness (QED) is 0.889. The molecular weight excluding hydrogens is 288 g/mol. The van der Waals surface area contributed by atoms with Gasteiger partial charge in [-0.2, -0.15) is 4.98 Å². The third kappa shape index (κ3) is 3.43. The van der Waals surface area contributed by atoms with Crippen LogP contribution in [0.5, 0.6) is 0 Å². The van der Waals surface area contributed by atoms with Crippen molar-refractivity contribution in [2.24, 2.45) is 0 Å². The van der Waals surface area contributed by atoms with Crippen LogP contribution in [0.3, 0.4) is 0 Å². The highest BCUT2D eigenvalue weighted by Crippen LogP contribution is 2.20. The Bertz CT molecular complexity index is 580. The highest BCUT2D eigenvalue weighted by Gasteiger charge is 2.25. The van der Waals surface area contributed by atoms with Gasteiger partial charge in [0, 0.05) is 29.7 Å². The van der Waals surface area contributed by atoms with E-state index >= 15 is 0 Å².